The van der Waals surface area contributed by atoms with Crippen molar-refractivity contribution in [2.24, 2.45) is 0 Å². The van der Waals surface area contributed by atoms with Crippen molar-refractivity contribution in [2.75, 3.05) is 12.3 Å². The van der Waals surface area contributed by atoms with E-state index in [9.17, 15) is 4.79 Å². The Bertz CT molecular complexity index is 526. The predicted octanol–water partition coefficient (Wildman–Crippen LogP) is 1.34. The quantitative estimate of drug-likeness (QED) is 0.766. The number of carbonyl (C=O) groups excluding carboxylic acids is 1. The lowest BCUT2D eigenvalue weighted by Crippen LogP contribution is -2.24. The second kappa shape index (κ2) is 6.44. The summed E-state index contributed by atoms with van der Waals surface area (Å²) >= 11 is 0. The van der Waals surface area contributed by atoms with Gasteiger partial charge in [-0.1, -0.05) is 17.3 Å². The van der Waals surface area contributed by atoms with Gasteiger partial charge in [0.2, 0.25) is 5.91 Å². The first-order valence-electron chi connectivity index (χ1n) is 5.89. The summed E-state index contributed by atoms with van der Waals surface area (Å²) in [5.41, 5.74) is 6.28. The van der Waals surface area contributed by atoms with E-state index < -0.39 is 0 Å². The number of anilines is 1. The SMILES string of the molecule is Nc1ccccc1OCCC(=O)NCc1ccno1. The van der Waals surface area contributed by atoms with Crippen molar-refractivity contribution in [3.63, 3.8) is 0 Å². The summed E-state index contributed by atoms with van der Waals surface area (Å²) in [4.78, 5) is 11.5. The highest BCUT2D eigenvalue weighted by Crippen LogP contribution is 2.19. The summed E-state index contributed by atoms with van der Waals surface area (Å²) in [6.45, 7) is 0.600. The van der Waals surface area contributed by atoms with Crippen LogP contribution in [0.25, 0.3) is 0 Å². The number of aromatic nitrogens is 1. The van der Waals surface area contributed by atoms with Crippen LogP contribution in [0, 0.1) is 0 Å². The van der Waals surface area contributed by atoms with Gasteiger partial charge in [-0.3, -0.25) is 4.79 Å². The smallest absolute Gasteiger partial charge is 0.223 e. The van der Waals surface area contributed by atoms with Crippen LogP contribution in [0.15, 0.2) is 41.1 Å². The van der Waals surface area contributed by atoms with Crippen molar-refractivity contribution in [2.45, 2.75) is 13.0 Å². The fourth-order valence-electron chi connectivity index (χ4n) is 1.47. The van der Waals surface area contributed by atoms with Gasteiger partial charge in [0, 0.05) is 6.07 Å². The van der Waals surface area contributed by atoms with E-state index in [1.54, 1.807) is 18.2 Å². The molecule has 1 aromatic heterocycles. The minimum atomic E-state index is -0.120. The topological polar surface area (TPSA) is 90.4 Å². The van der Waals surface area contributed by atoms with E-state index in [2.05, 4.69) is 10.5 Å². The zero-order valence-corrected chi connectivity index (χ0v) is 10.3. The van der Waals surface area contributed by atoms with Gasteiger partial charge in [-0.25, -0.2) is 0 Å². The number of rotatable bonds is 6. The van der Waals surface area contributed by atoms with Crippen LogP contribution in [0.5, 0.6) is 5.75 Å². The molecule has 19 heavy (non-hydrogen) atoms. The molecule has 1 aromatic carbocycles. The first-order chi connectivity index (χ1) is 9.25. The van der Waals surface area contributed by atoms with E-state index in [0.717, 1.165) is 0 Å². The molecular weight excluding hydrogens is 246 g/mol. The lowest BCUT2D eigenvalue weighted by atomic mass is 10.3. The summed E-state index contributed by atoms with van der Waals surface area (Å²) < 4.78 is 10.3. The standard InChI is InChI=1S/C13H15N3O3/c14-11-3-1-2-4-12(11)18-8-6-13(17)15-9-10-5-7-16-19-10/h1-5,7H,6,8-9,14H2,(H,15,17). The molecule has 0 aliphatic rings. The van der Waals surface area contributed by atoms with Crippen molar-refractivity contribution in [1.82, 2.24) is 10.5 Å². The number of hydrogen-bond acceptors (Lipinski definition) is 5. The maximum absolute atomic E-state index is 11.5. The summed E-state index contributed by atoms with van der Waals surface area (Å²) in [5, 5.41) is 6.25. The fraction of sp³-hybridized carbons (Fsp3) is 0.231. The first-order valence-corrected chi connectivity index (χ1v) is 5.89. The van der Waals surface area contributed by atoms with Crippen LogP contribution in [-0.4, -0.2) is 17.7 Å². The monoisotopic (exact) mass is 261 g/mol. The van der Waals surface area contributed by atoms with E-state index in [4.69, 9.17) is 15.0 Å². The number of benzene rings is 1. The molecule has 2 aromatic rings. The van der Waals surface area contributed by atoms with E-state index in [0.29, 0.717) is 23.7 Å². The van der Waals surface area contributed by atoms with E-state index in [1.165, 1.54) is 6.20 Å². The van der Waals surface area contributed by atoms with Gasteiger partial charge in [-0.15, -0.1) is 0 Å². The van der Waals surface area contributed by atoms with Crippen molar-refractivity contribution in [3.8, 4) is 5.75 Å². The Balaban J connectivity index is 1.68. The average Bonchev–Trinajstić information content (AvgIpc) is 2.92. The largest absolute Gasteiger partial charge is 0.491 e. The number of carbonyl (C=O) groups is 1. The van der Waals surface area contributed by atoms with Crippen molar-refractivity contribution in [3.05, 3.63) is 42.3 Å². The molecule has 0 spiro atoms. The molecule has 1 amide bonds. The van der Waals surface area contributed by atoms with Gasteiger partial charge in [-0.05, 0) is 12.1 Å². The van der Waals surface area contributed by atoms with E-state index in [1.807, 2.05) is 12.1 Å². The first kappa shape index (κ1) is 12.9. The highest BCUT2D eigenvalue weighted by Gasteiger charge is 2.04. The minimum absolute atomic E-state index is 0.120. The van der Waals surface area contributed by atoms with Crippen LogP contribution >= 0.6 is 0 Å². The van der Waals surface area contributed by atoms with Crippen LogP contribution in [0.2, 0.25) is 0 Å². The summed E-state index contributed by atoms with van der Waals surface area (Å²) in [7, 11) is 0. The number of nitrogen functional groups attached to an aromatic ring is 1. The molecule has 0 bridgehead atoms. The Morgan fingerprint density at radius 3 is 2.95 bits per heavy atom. The van der Waals surface area contributed by atoms with Crippen LogP contribution in [0.1, 0.15) is 12.2 Å². The molecule has 0 atom stereocenters. The normalized spacial score (nSPS) is 10.1. The third kappa shape index (κ3) is 4.02. The zero-order valence-electron chi connectivity index (χ0n) is 10.3. The summed E-state index contributed by atoms with van der Waals surface area (Å²) in [5.74, 6) is 1.08. The van der Waals surface area contributed by atoms with Crippen LogP contribution < -0.4 is 15.8 Å². The Kier molecular flexibility index (Phi) is 4.39. The van der Waals surface area contributed by atoms with Gasteiger partial charge in [0.05, 0.1) is 31.5 Å². The molecule has 6 heteroatoms. The Labute approximate surface area is 110 Å². The summed E-state index contributed by atoms with van der Waals surface area (Å²) in [6.07, 6.45) is 1.78. The molecule has 0 unspecified atom stereocenters. The van der Waals surface area contributed by atoms with Gasteiger partial charge in [0.15, 0.2) is 5.76 Å². The number of para-hydroxylation sites is 2. The van der Waals surface area contributed by atoms with Gasteiger partial charge in [0.25, 0.3) is 0 Å². The molecule has 2 rings (SSSR count). The lowest BCUT2D eigenvalue weighted by molar-refractivity contribution is -0.121. The Hall–Kier alpha value is -2.50. The molecule has 0 radical (unpaired) electrons. The fourth-order valence-corrected chi connectivity index (χ4v) is 1.47. The highest BCUT2D eigenvalue weighted by molar-refractivity contribution is 5.75. The molecule has 100 valence electrons. The van der Waals surface area contributed by atoms with Crippen molar-refractivity contribution < 1.29 is 14.1 Å². The maximum Gasteiger partial charge on any atom is 0.223 e. The Morgan fingerprint density at radius 1 is 1.37 bits per heavy atom. The molecule has 6 nitrogen and oxygen atoms in total. The second-order valence-electron chi connectivity index (χ2n) is 3.89. The van der Waals surface area contributed by atoms with Crippen molar-refractivity contribution in [1.29, 1.82) is 0 Å². The molecular formula is C13H15N3O3. The van der Waals surface area contributed by atoms with E-state index >= 15 is 0 Å². The van der Waals surface area contributed by atoms with Gasteiger partial charge in [0.1, 0.15) is 5.75 Å². The summed E-state index contributed by atoms with van der Waals surface area (Å²) in [6, 6.07) is 8.87. The maximum atomic E-state index is 11.5. The number of nitrogens with one attached hydrogen (secondary N) is 1. The molecule has 0 aliphatic heterocycles. The van der Waals surface area contributed by atoms with Crippen molar-refractivity contribution >= 4 is 11.6 Å². The Morgan fingerprint density at radius 2 is 2.21 bits per heavy atom. The molecule has 0 aliphatic carbocycles. The van der Waals surface area contributed by atoms with Crippen LogP contribution in [0.4, 0.5) is 5.69 Å². The molecule has 0 fully saturated rings. The third-order valence-corrected chi connectivity index (χ3v) is 2.46. The number of hydrogen-bond donors (Lipinski definition) is 2. The third-order valence-electron chi connectivity index (χ3n) is 2.46. The van der Waals surface area contributed by atoms with E-state index in [-0.39, 0.29) is 18.9 Å². The number of nitrogens with zero attached hydrogens (tertiary/aromatic N) is 1. The van der Waals surface area contributed by atoms with Gasteiger partial charge < -0.3 is 20.3 Å². The second-order valence-corrected chi connectivity index (χ2v) is 3.89. The zero-order chi connectivity index (χ0) is 13.5. The number of amides is 1. The highest BCUT2D eigenvalue weighted by atomic mass is 16.5. The average molecular weight is 261 g/mol. The molecule has 3 N–H and O–H groups in total. The van der Waals surface area contributed by atoms with Gasteiger partial charge >= 0.3 is 0 Å². The molecule has 0 saturated carbocycles. The number of ether oxygens (including phenoxy) is 1. The predicted molar refractivity (Wildman–Crippen MR) is 69.3 cm³/mol. The number of nitrogens with two attached hydrogens (primary N) is 1. The minimum Gasteiger partial charge on any atom is -0.491 e. The molecule has 1 heterocycles. The molecule has 0 saturated heterocycles. The lowest BCUT2D eigenvalue weighted by Gasteiger charge is -2.08. The van der Waals surface area contributed by atoms with Crippen LogP contribution in [0.3, 0.4) is 0 Å². The van der Waals surface area contributed by atoms with Gasteiger partial charge in [-0.2, -0.15) is 0 Å². The van der Waals surface area contributed by atoms with Crippen LogP contribution in [-0.2, 0) is 11.3 Å².